The lowest BCUT2D eigenvalue weighted by atomic mass is 9.86. The van der Waals surface area contributed by atoms with E-state index in [0.717, 1.165) is 5.56 Å². The van der Waals surface area contributed by atoms with Gasteiger partial charge >= 0.3 is 0 Å². The van der Waals surface area contributed by atoms with Crippen LogP contribution in [0.3, 0.4) is 0 Å². The van der Waals surface area contributed by atoms with Gasteiger partial charge in [0.2, 0.25) is 0 Å². The van der Waals surface area contributed by atoms with E-state index < -0.39 is 9.84 Å². The first kappa shape index (κ1) is 18.5. The molecular formula is C19H23FO3S. The Bertz CT molecular complexity index is 855. The van der Waals surface area contributed by atoms with Gasteiger partial charge in [-0.2, -0.15) is 0 Å². The molecule has 0 aliphatic carbocycles. The van der Waals surface area contributed by atoms with Crippen LogP contribution in [0.15, 0.2) is 35.2 Å². The summed E-state index contributed by atoms with van der Waals surface area (Å²) in [7, 11) is -3.30. The molecule has 2 rings (SSSR count). The Balaban J connectivity index is 2.59. The fraction of sp³-hybridized carbons (Fsp3) is 0.368. The van der Waals surface area contributed by atoms with E-state index in [1.807, 2.05) is 20.8 Å². The highest BCUT2D eigenvalue weighted by atomic mass is 32.2. The summed E-state index contributed by atoms with van der Waals surface area (Å²) in [6.45, 7) is 9.54. The van der Waals surface area contributed by atoms with Crippen molar-refractivity contribution in [3.05, 3.63) is 52.8 Å². The molecule has 0 fully saturated rings. The predicted octanol–water partition coefficient (Wildman–Crippen LogP) is 4.94. The van der Waals surface area contributed by atoms with Crippen molar-refractivity contribution in [2.75, 3.05) is 6.26 Å². The Morgan fingerprint density at radius 3 is 2.00 bits per heavy atom. The summed E-state index contributed by atoms with van der Waals surface area (Å²) in [4.78, 5) is 0.257. The van der Waals surface area contributed by atoms with Gasteiger partial charge in [0.05, 0.1) is 4.90 Å². The standard InChI is InChI=1S/C19H23FO3S/c1-12-9-14(20)10-13(2)18(12)23-17-8-7-15(24(6,21)22)11-16(17)19(3,4)5/h7-11H,1-6H3. The topological polar surface area (TPSA) is 43.4 Å². The lowest BCUT2D eigenvalue weighted by Crippen LogP contribution is -2.14. The Morgan fingerprint density at radius 1 is 1.00 bits per heavy atom. The van der Waals surface area contributed by atoms with E-state index in [-0.39, 0.29) is 16.1 Å². The van der Waals surface area contributed by atoms with Crippen LogP contribution in [0, 0.1) is 19.7 Å². The normalized spacial score (nSPS) is 12.3. The number of hydrogen-bond donors (Lipinski definition) is 0. The number of ether oxygens (including phenoxy) is 1. The van der Waals surface area contributed by atoms with Gasteiger partial charge in [-0.05, 0) is 60.7 Å². The second-order valence-corrected chi connectivity index (χ2v) is 9.17. The number of halogens is 1. The van der Waals surface area contributed by atoms with Crippen LogP contribution >= 0.6 is 0 Å². The largest absolute Gasteiger partial charge is 0.457 e. The summed E-state index contributed by atoms with van der Waals surface area (Å²) in [5, 5.41) is 0. The second-order valence-electron chi connectivity index (χ2n) is 7.15. The van der Waals surface area contributed by atoms with Crippen LogP contribution in [0.2, 0.25) is 0 Å². The summed E-state index contributed by atoms with van der Waals surface area (Å²) >= 11 is 0. The van der Waals surface area contributed by atoms with Gasteiger partial charge in [0.1, 0.15) is 17.3 Å². The average molecular weight is 350 g/mol. The van der Waals surface area contributed by atoms with Crippen molar-refractivity contribution in [1.82, 2.24) is 0 Å². The zero-order chi connectivity index (χ0) is 18.3. The highest BCUT2D eigenvalue weighted by Gasteiger charge is 2.23. The molecule has 2 aromatic carbocycles. The van der Waals surface area contributed by atoms with Crippen molar-refractivity contribution in [1.29, 1.82) is 0 Å². The van der Waals surface area contributed by atoms with E-state index in [9.17, 15) is 12.8 Å². The summed E-state index contributed by atoms with van der Waals surface area (Å²) < 4.78 is 43.2. The monoisotopic (exact) mass is 350 g/mol. The molecule has 0 spiro atoms. The van der Waals surface area contributed by atoms with Crippen molar-refractivity contribution in [3.63, 3.8) is 0 Å². The molecule has 0 aliphatic heterocycles. The molecule has 0 amide bonds. The molecule has 130 valence electrons. The van der Waals surface area contributed by atoms with E-state index >= 15 is 0 Å². The molecule has 0 radical (unpaired) electrons. The first-order chi connectivity index (χ1) is 10.9. The molecule has 24 heavy (non-hydrogen) atoms. The zero-order valence-electron chi connectivity index (χ0n) is 14.9. The molecular weight excluding hydrogens is 327 g/mol. The van der Waals surface area contributed by atoms with Gasteiger partial charge in [0.15, 0.2) is 9.84 Å². The summed E-state index contributed by atoms with van der Waals surface area (Å²) in [6.07, 6.45) is 1.18. The third-order valence-electron chi connectivity index (χ3n) is 3.82. The minimum Gasteiger partial charge on any atom is -0.457 e. The van der Waals surface area contributed by atoms with Gasteiger partial charge in [-0.1, -0.05) is 20.8 Å². The lowest BCUT2D eigenvalue weighted by Gasteiger charge is -2.24. The average Bonchev–Trinajstić information content (AvgIpc) is 2.40. The van der Waals surface area contributed by atoms with Gasteiger partial charge in [0.25, 0.3) is 0 Å². The number of hydrogen-bond acceptors (Lipinski definition) is 3. The van der Waals surface area contributed by atoms with Crippen molar-refractivity contribution in [3.8, 4) is 11.5 Å². The number of aryl methyl sites for hydroxylation is 2. The van der Waals surface area contributed by atoms with E-state index in [2.05, 4.69) is 0 Å². The molecule has 2 aromatic rings. The third-order valence-corrected chi connectivity index (χ3v) is 4.93. The Hall–Kier alpha value is -1.88. The van der Waals surface area contributed by atoms with E-state index in [4.69, 9.17) is 4.74 Å². The third kappa shape index (κ3) is 3.96. The molecule has 0 saturated heterocycles. The molecule has 0 unspecified atom stereocenters. The lowest BCUT2D eigenvalue weighted by molar-refractivity contribution is 0.447. The zero-order valence-corrected chi connectivity index (χ0v) is 15.7. The Kier molecular flexibility index (Phi) is 4.77. The minimum absolute atomic E-state index is 0.257. The molecule has 0 aromatic heterocycles. The second kappa shape index (κ2) is 6.20. The SMILES string of the molecule is Cc1cc(F)cc(C)c1Oc1ccc(S(C)(=O)=O)cc1C(C)(C)C. The first-order valence-corrected chi connectivity index (χ1v) is 9.58. The fourth-order valence-electron chi connectivity index (χ4n) is 2.58. The first-order valence-electron chi connectivity index (χ1n) is 7.69. The maximum Gasteiger partial charge on any atom is 0.175 e. The summed E-state index contributed by atoms with van der Waals surface area (Å²) in [6, 6.07) is 7.69. The maximum atomic E-state index is 13.5. The molecule has 3 nitrogen and oxygen atoms in total. The van der Waals surface area contributed by atoms with Gasteiger partial charge < -0.3 is 4.74 Å². The van der Waals surface area contributed by atoms with Gasteiger partial charge in [-0.3, -0.25) is 0 Å². The predicted molar refractivity (Wildman–Crippen MR) is 94.2 cm³/mol. The van der Waals surface area contributed by atoms with Gasteiger partial charge in [-0.15, -0.1) is 0 Å². The van der Waals surface area contributed by atoms with Gasteiger partial charge in [-0.25, -0.2) is 12.8 Å². The summed E-state index contributed by atoms with van der Waals surface area (Å²) in [5.41, 5.74) is 1.87. The molecule has 5 heteroatoms. The molecule has 0 aliphatic rings. The number of sulfone groups is 1. The van der Waals surface area contributed by atoms with Crippen LogP contribution in [0.1, 0.15) is 37.5 Å². The van der Waals surface area contributed by atoms with Crippen molar-refractivity contribution in [2.45, 2.75) is 44.9 Å². The highest BCUT2D eigenvalue weighted by Crippen LogP contribution is 2.38. The van der Waals surface area contributed by atoms with Crippen LogP contribution in [0.4, 0.5) is 4.39 Å². The maximum absolute atomic E-state index is 13.5. The highest BCUT2D eigenvalue weighted by molar-refractivity contribution is 7.90. The van der Waals surface area contributed by atoms with Crippen molar-refractivity contribution >= 4 is 9.84 Å². The number of rotatable bonds is 3. The Morgan fingerprint density at radius 2 is 1.54 bits per heavy atom. The molecule has 0 bridgehead atoms. The van der Waals surface area contributed by atoms with Crippen LogP contribution < -0.4 is 4.74 Å². The van der Waals surface area contributed by atoms with Crippen LogP contribution in [0.25, 0.3) is 0 Å². The minimum atomic E-state index is -3.30. The molecule has 0 atom stereocenters. The van der Waals surface area contributed by atoms with E-state index in [1.165, 1.54) is 24.5 Å². The molecule has 0 heterocycles. The number of benzene rings is 2. The van der Waals surface area contributed by atoms with Crippen LogP contribution in [0.5, 0.6) is 11.5 Å². The summed E-state index contributed by atoms with van der Waals surface area (Å²) in [5.74, 6) is 0.863. The smallest absolute Gasteiger partial charge is 0.175 e. The Labute approximate surface area is 143 Å². The quantitative estimate of drug-likeness (QED) is 0.788. The van der Waals surface area contributed by atoms with E-state index in [0.29, 0.717) is 22.6 Å². The van der Waals surface area contributed by atoms with Crippen LogP contribution in [-0.4, -0.2) is 14.7 Å². The molecule has 0 saturated carbocycles. The fourth-order valence-corrected chi connectivity index (χ4v) is 3.23. The van der Waals surface area contributed by atoms with Gasteiger partial charge in [0, 0.05) is 11.8 Å². The van der Waals surface area contributed by atoms with Crippen LogP contribution in [-0.2, 0) is 15.3 Å². The van der Waals surface area contributed by atoms with Crippen molar-refractivity contribution < 1.29 is 17.5 Å². The van der Waals surface area contributed by atoms with Crippen molar-refractivity contribution in [2.24, 2.45) is 0 Å². The molecule has 0 N–H and O–H groups in total. The van der Waals surface area contributed by atoms with E-state index in [1.54, 1.807) is 26.0 Å².